The van der Waals surface area contributed by atoms with Crippen LogP contribution in [0.1, 0.15) is 24.0 Å². The Hall–Kier alpha value is -3.60. The maximum atomic E-state index is 12.4. The molecule has 1 fully saturated rings. The van der Waals surface area contributed by atoms with Crippen LogP contribution in [-0.2, 0) is 11.2 Å². The smallest absolute Gasteiger partial charge is 0.261 e. The zero-order chi connectivity index (χ0) is 21.3. The fraction of sp³-hybridized carbons (Fsp3) is 0.364. The summed E-state index contributed by atoms with van der Waals surface area (Å²) in [5, 5.41) is 12.1. The van der Waals surface area contributed by atoms with Gasteiger partial charge < -0.3 is 19.7 Å². The Morgan fingerprint density at radius 2 is 1.90 bits per heavy atom. The molecule has 0 bridgehead atoms. The van der Waals surface area contributed by atoms with E-state index in [0.717, 1.165) is 31.5 Å². The van der Waals surface area contributed by atoms with Crippen LogP contribution in [0.25, 0.3) is 6.08 Å². The summed E-state index contributed by atoms with van der Waals surface area (Å²) < 4.78 is 10.5. The number of ether oxygens (including phenoxy) is 2. The summed E-state index contributed by atoms with van der Waals surface area (Å²) in [5.41, 5.74) is 1.62. The number of carbonyl (C=O) groups is 1. The first kappa shape index (κ1) is 21.1. The molecule has 0 unspecified atom stereocenters. The van der Waals surface area contributed by atoms with Gasteiger partial charge in [0.1, 0.15) is 11.6 Å². The third-order valence-corrected chi connectivity index (χ3v) is 4.87. The highest BCUT2D eigenvalue weighted by Crippen LogP contribution is 2.27. The number of anilines is 1. The molecule has 1 aliphatic heterocycles. The summed E-state index contributed by atoms with van der Waals surface area (Å²) in [7, 11) is 3.16. The van der Waals surface area contributed by atoms with Crippen molar-refractivity contribution in [2.45, 2.75) is 19.3 Å². The van der Waals surface area contributed by atoms with Crippen molar-refractivity contribution in [3.05, 3.63) is 47.3 Å². The summed E-state index contributed by atoms with van der Waals surface area (Å²) >= 11 is 0. The van der Waals surface area contributed by atoms with Crippen LogP contribution < -0.4 is 19.7 Å². The Balaban J connectivity index is 1.57. The van der Waals surface area contributed by atoms with E-state index in [2.05, 4.69) is 20.2 Å². The Morgan fingerprint density at radius 1 is 1.20 bits per heavy atom. The minimum absolute atomic E-state index is 0.0137. The molecule has 0 atom stereocenters. The minimum atomic E-state index is -0.429. The standard InChI is InChI=1S/C22H25N5O3/c1-29-19-6-5-16(12-20(19)30-2)7-8-24-21(28)18(13-23)11-17-14-25-22(26-15-17)27-9-3-4-10-27/h5-6,11-12,14-15H,3-4,7-10H2,1-2H3,(H,24,28)/b18-11+. The highest BCUT2D eigenvalue weighted by atomic mass is 16.5. The van der Waals surface area contributed by atoms with Crippen LogP contribution >= 0.6 is 0 Å². The average Bonchev–Trinajstić information content (AvgIpc) is 3.32. The molecule has 1 saturated heterocycles. The second-order valence-corrected chi connectivity index (χ2v) is 6.88. The number of benzene rings is 1. The van der Waals surface area contributed by atoms with E-state index in [1.807, 2.05) is 24.3 Å². The van der Waals surface area contributed by atoms with Gasteiger partial charge in [0.05, 0.1) is 14.2 Å². The highest BCUT2D eigenvalue weighted by molar-refractivity contribution is 6.01. The maximum absolute atomic E-state index is 12.4. The van der Waals surface area contributed by atoms with Crippen molar-refractivity contribution in [3.8, 4) is 17.6 Å². The lowest BCUT2D eigenvalue weighted by molar-refractivity contribution is -0.117. The third-order valence-electron chi connectivity index (χ3n) is 4.87. The number of hydrogen-bond donors (Lipinski definition) is 1. The zero-order valence-electron chi connectivity index (χ0n) is 17.2. The lowest BCUT2D eigenvalue weighted by Crippen LogP contribution is -2.26. The van der Waals surface area contributed by atoms with Crippen molar-refractivity contribution in [1.29, 1.82) is 5.26 Å². The first-order valence-corrected chi connectivity index (χ1v) is 9.82. The number of hydrogen-bond acceptors (Lipinski definition) is 7. The van der Waals surface area contributed by atoms with Crippen molar-refractivity contribution < 1.29 is 14.3 Å². The molecule has 1 aromatic heterocycles. The second kappa shape index (κ2) is 10.3. The Morgan fingerprint density at radius 3 is 2.53 bits per heavy atom. The highest BCUT2D eigenvalue weighted by Gasteiger charge is 2.15. The van der Waals surface area contributed by atoms with E-state index in [0.29, 0.717) is 36.0 Å². The predicted octanol–water partition coefficient (Wildman–Crippen LogP) is 2.36. The fourth-order valence-electron chi connectivity index (χ4n) is 3.25. The number of nitrogens with zero attached hydrogens (tertiary/aromatic N) is 4. The lowest BCUT2D eigenvalue weighted by atomic mass is 10.1. The summed E-state index contributed by atoms with van der Waals surface area (Å²) in [6.45, 7) is 2.31. The van der Waals surface area contributed by atoms with Gasteiger partial charge in [0.15, 0.2) is 11.5 Å². The SMILES string of the molecule is COc1ccc(CCNC(=O)/C(C#N)=C/c2cnc(N3CCCC3)nc2)cc1OC. The number of aromatic nitrogens is 2. The van der Waals surface area contributed by atoms with E-state index in [-0.39, 0.29) is 5.57 Å². The molecule has 1 amide bonds. The molecule has 1 N–H and O–H groups in total. The molecule has 8 heteroatoms. The number of rotatable bonds is 8. The van der Waals surface area contributed by atoms with Gasteiger partial charge in [0.25, 0.3) is 5.91 Å². The molecule has 0 aliphatic carbocycles. The first-order chi connectivity index (χ1) is 14.6. The summed E-state index contributed by atoms with van der Waals surface area (Å²) in [6, 6.07) is 7.55. The summed E-state index contributed by atoms with van der Waals surface area (Å²) in [4.78, 5) is 23.2. The van der Waals surface area contributed by atoms with Gasteiger partial charge >= 0.3 is 0 Å². The molecule has 0 radical (unpaired) electrons. The predicted molar refractivity (Wildman–Crippen MR) is 113 cm³/mol. The molecule has 3 rings (SSSR count). The largest absolute Gasteiger partial charge is 0.493 e. The van der Waals surface area contributed by atoms with Crippen LogP contribution in [0.2, 0.25) is 0 Å². The van der Waals surface area contributed by atoms with Gasteiger partial charge in [-0.05, 0) is 43.0 Å². The fourth-order valence-corrected chi connectivity index (χ4v) is 3.25. The quantitative estimate of drug-likeness (QED) is 0.529. The Labute approximate surface area is 176 Å². The summed E-state index contributed by atoms with van der Waals surface area (Å²) in [5.74, 6) is 1.54. The van der Waals surface area contributed by atoms with Crippen molar-refractivity contribution in [2.75, 3.05) is 38.8 Å². The van der Waals surface area contributed by atoms with Gasteiger partial charge in [-0.1, -0.05) is 6.07 Å². The van der Waals surface area contributed by atoms with Gasteiger partial charge in [0, 0.05) is 37.6 Å². The molecule has 8 nitrogen and oxygen atoms in total. The van der Waals surface area contributed by atoms with E-state index in [4.69, 9.17) is 9.47 Å². The van der Waals surface area contributed by atoms with Crippen molar-refractivity contribution >= 4 is 17.9 Å². The average molecular weight is 407 g/mol. The van der Waals surface area contributed by atoms with Crippen LogP contribution in [-0.4, -0.2) is 49.7 Å². The molecule has 0 saturated carbocycles. The number of carbonyl (C=O) groups excluding carboxylic acids is 1. The van der Waals surface area contributed by atoms with E-state index >= 15 is 0 Å². The lowest BCUT2D eigenvalue weighted by Gasteiger charge is -2.14. The Kier molecular flexibility index (Phi) is 7.22. The van der Waals surface area contributed by atoms with Gasteiger partial charge in [-0.25, -0.2) is 9.97 Å². The molecule has 1 aromatic carbocycles. The van der Waals surface area contributed by atoms with Crippen LogP contribution in [0, 0.1) is 11.3 Å². The monoisotopic (exact) mass is 407 g/mol. The maximum Gasteiger partial charge on any atom is 0.261 e. The Bertz CT molecular complexity index is 944. The molecular formula is C22H25N5O3. The van der Waals surface area contributed by atoms with Gasteiger partial charge in [0.2, 0.25) is 5.95 Å². The van der Waals surface area contributed by atoms with Gasteiger partial charge in [-0.15, -0.1) is 0 Å². The van der Waals surface area contributed by atoms with E-state index < -0.39 is 5.91 Å². The van der Waals surface area contributed by atoms with E-state index in [1.54, 1.807) is 26.6 Å². The number of nitrogens with one attached hydrogen (secondary N) is 1. The number of amides is 1. The first-order valence-electron chi connectivity index (χ1n) is 9.82. The molecular weight excluding hydrogens is 382 g/mol. The molecule has 2 aromatic rings. The topological polar surface area (TPSA) is 100 Å². The van der Waals surface area contributed by atoms with Crippen molar-refractivity contribution in [2.24, 2.45) is 0 Å². The van der Waals surface area contributed by atoms with Crippen LogP contribution in [0.4, 0.5) is 5.95 Å². The van der Waals surface area contributed by atoms with E-state index in [9.17, 15) is 10.1 Å². The second-order valence-electron chi connectivity index (χ2n) is 6.88. The number of nitriles is 1. The molecule has 156 valence electrons. The molecule has 0 spiro atoms. The normalized spacial score (nSPS) is 13.6. The van der Waals surface area contributed by atoms with E-state index in [1.165, 1.54) is 6.08 Å². The van der Waals surface area contributed by atoms with Crippen LogP contribution in [0.3, 0.4) is 0 Å². The molecule has 30 heavy (non-hydrogen) atoms. The third kappa shape index (κ3) is 5.26. The molecule has 1 aliphatic rings. The van der Waals surface area contributed by atoms with Gasteiger partial charge in [-0.3, -0.25) is 4.79 Å². The van der Waals surface area contributed by atoms with Crippen LogP contribution in [0.5, 0.6) is 11.5 Å². The zero-order valence-corrected chi connectivity index (χ0v) is 17.2. The van der Waals surface area contributed by atoms with Gasteiger partial charge in [-0.2, -0.15) is 5.26 Å². The van der Waals surface area contributed by atoms with Crippen molar-refractivity contribution in [3.63, 3.8) is 0 Å². The van der Waals surface area contributed by atoms with Crippen molar-refractivity contribution in [1.82, 2.24) is 15.3 Å². The van der Waals surface area contributed by atoms with Crippen LogP contribution in [0.15, 0.2) is 36.2 Å². The minimum Gasteiger partial charge on any atom is -0.493 e. The molecule has 2 heterocycles. The summed E-state index contributed by atoms with van der Waals surface area (Å²) in [6.07, 6.45) is 7.65. The number of methoxy groups -OCH3 is 2.